The zero-order valence-corrected chi connectivity index (χ0v) is 11.0. The van der Waals surface area contributed by atoms with Gasteiger partial charge in [-0.3, -0.25) is 9.48 Å². The van der Waals surface area contributed by atoms with E-state index < -0.39 is 0 Å². The van der Waals surface area contributed by atoms with Crippen LogP contribution >= 0.6 is 0 Å². The fraction of sp³-hybridized carbons (Fsp3) is 0.733. The largest absolute Gasteiger partial charge is 0.299 e. The van der Waals surface area contributed by atoms with Gasteiger partial charge in [0.15, 0.2) is 0 Å². The lowest BCUT2D eigenvalue weighted by Crippen LogP contribution is -2.23. The summed E-state index contributed by atoms with van der Waals surface area (Å²) in [5.41, 5.74) is 0.970. The van der Waals surface area contributed by atoms with Crippen molar-refractivity contribution in [2.75, 3.05) is 0 Å². The van der Waals surface area contributed by atoms with E-state index in [2.05, 4.69) is 16.0 Å². The highest BCUT2D eigenvalue weighted by molar-refractivity contribution is 5.83. The van der Waals surface area contributed by atoms with Crippen molar-refractivity contribution in [3.8, 4) is 0 Å². The molecule has 3 rings (SSSR count). The van der Waals surface area contributed by atoms with Gasteiger partial charge in [-0.1, -0.05) is 25.7 Å². The molecule has 0 N–H and O–H groups in total. The van der Waals surface area contributed by atoms with E-state index in [9.17, 15) is 4.79 Å². The Balaban J connectivity index is 1.60. The van der Waals surface area contributed by atoms with Gasteiger partial charge in [-0.25, -0.2) is 0 Å². The zero-order valence-electron chi connectivity index (χ0n) is 11.0. The number of rotatable bonds is 4. The molecule has 0 radical (unpaired) electrons. The first-order chi connectivity index (χ1) is 8.83. The molecule has 0 aliphatic heterocycles. The number of ketones is 1. The van der Waals surface area contributed by atoms with Crippen LogP contribution in [0.25, 0.3) is 0 Å². The number of aromatic nitrogens is 2. The predicted molar refractivity (Wildman–Crippen MR) is 70.4 cm³/mol. The molecule has 0 atom stereocenters. The van der Waals surface area contributed by atoms with Crippen LogP contribution < -0.4 is 0 Å². The molecule has 0 aromatic carbocycles. The highest BCUT2D eigenvalue weighted by atomic mass is 16.1. The molecule has 1 aromatic heterocycles. The number of carbonyl (C=O) groups is 1. The van der Waals surface area contributed by atoms with Gasteiger partial charge >= 0.3 is 0 Å². The summed E-state index contributed by atoms with van der Waals surface area (Å²) in [7, 11) is 0. The predicted octanol–water partition coefficient (Wildman–Crippen LogP) is 3.30. The Morgan fingerprint density at radius 2 is 1.94 bits per heavy atom. The maximum atomic E-state index is 11.9. The average Bonchev–Trinajstić information content (AvgIpc) is 2.76. The maximum absolute atomic E-state index is 11.9. The highest BCUT2D eigenvalue weighted by Gasteiger charge is 2.25. The smallest absolute Gasteiger partial charge is 0.141 e. The maximum Gasteiger partial charge on any atom is 0.141 e. The molecular formula is C15H22N2O. The normalized spacial score (nSPS) is 21.8. The first kappa shape index (κ1) is 11.9. The summed E-state index contributed by atoms with van der Waals surface area (Å²) >= 11 is 0. The molecule has 0 saturated heterocycles. The molecule has 98 valence electrons. The van der Waals surface area contributed by atoms with Gasteiger partial charge in [-0.2, -0.15) is 5.10 Å². The molecule has 2 fully saturated rings. The van der Waals surface area contributed by atoms with E-state index in [1.54, 1.807) is 0 Å². The minimum absolute atomic E-state index is 0.338. The summed E-state index contributed by atoms with van der Waals surface area (Å²) in [5.74, 6) is 0.736. The molecule has 0 bridgehead atoms. The molecule has 3 heteroatoms. The summed E-state index contributed by atoms with van der Waals surface area (Å²) < 4.78 is 2.10. The van der Waals surface area contributed by atoms with Crippen LogP contribution in [0.1, 0.15) is 63.1 Å². The zero-order chi connectivity index (χ0) is 12.4. The lowest BCUT2D eigenvalue weighted by Gasteiger charge is -2.23. The Morgan fingerprint density at radius 3 is 2.61 bits per heavy atom. The molecule has 2 aliphatic rings. The Hall–Kier alpha value is -1.12. The Labute approximate surface area is 109 Å². The number of nitrogens with zero attached hydrogens (tertiary/aromatic N) is 2. The van der Waals surface area contributed by atoms with Crippen LogP contribution in [0.3, 0.4) is 0 Å². The quantitative estimate of drug-likeness (QED) is 0.817. The summed E-state index contributed by atoms with van der Waals surface area (Å²) in [6.45, 7) is 0. The third-order valence-electron chi connectivity index (χ3n) is 4.53. The van der Waals surface area contributed by atoms with Gasteiger partial charge in [0.05, 0.1) is 18.2 Å². The van der Waals surface area contributed by atoms with Crippen molar-refractivity contribution in [2.24, 2.45) is 5.92 Å². The molecule has 2 aliphatic carbocycles. The second kappa shape index (κ2) is 5.25. The van der Waals surface area contributed by atoms with E-state index in [0.717, 1.165) is 18.5 Å². The van der Waals surface area contributed by atoms with Crippen molar-refractivity contribution >= 4 is 5.78 Å². The van der Waals surface area contributed by atoms with Gasteiger partial charge in [-0.05, 0) is 31.7 Å². The first-order valence-electron chi connectivity index (χ1n) is 7.39. The number of carbonyl (C=O) groups excluding carboxylic acids is 1. The average molecular weight is 246 g/mol. The summed E-state index contributed by atoms with van der Waals surface area (Å²) in [4.78, 5) is 11.9. The van der Waals surface area contributed by atoms with E-state index in [1.165, 1.54) is 38.5 Å². The molecule has 0 unspecified atom stereocenters. The van der Waals surface area contributed by atoms with Crippen LogP contribution in [-0.4, -0.2) is 15.6 Å². The van der Waals surface area contributed by atoms with Crippen LogP contribution in [0, 0.1) is 5.92 Å². The first-order valence-corrected chi connectivity index (χ1v) is 7.39. The van der Waals surface area contributed by atoms with E-state index in [-0.39, 0.29) is 0 Å². The molecule has 18 heavy (non-hydrogen) atoms. The second-order valence-corrected chi connectivity index (χ2v) is 5.85. The minimum atomic E-state index is 0.338. The van der Waals surface area contributed by atoms with Crippen LogP contribution in [-0.2, 0) is 11.2 Å². The van der Waals surface area contributed by atoms with Crippen molar-refractivity contribution in [2.45, 2.75) is 63.8 Å². The molecular weight excluding hydrogens is 224 g/mol. The van der Waals surface area contributed by atoms with Gasteiger partial charge < -0.3 is 0 Å². The lowest BCUT2D eigenvalue weighted by molar-refractivity contribution is -0.124. The van der Waals surface area contributed by atoms with Crippen LogP contribution in [0.2, 0.25) is 0 Å². The van der Waals surface area contributed by atoms with Crippen molar-refractivity contribution in [1.82, 2.24) is 9.78 Å². The Kier molecular flexibility index (Phi) is 3.48. The molecule has 1 aromatic rings. The highest BCUT2D eigenvalue weighted by Crippen LogP contribution is 2.29. The molecule has 2 saturated carbocycles. The SMILES string of the molecule is O=C(Cc1ccn(C2CCCCC2)n1)C1CCC1. The molecule has 0 amide bonds. The van der Waals surface area contributed by atoms with E-state index >= 15 is 0 Å². The van der Waals surface area contributed by atoms with Gasteiger partial charge in [0.1, 0.15) is 5.78 Å². The number of hydrogen-bond acceptors (Lipinski definition) is 2. The van der Waals surface area contributed by atoms with Crippen molar-refractivity contribution < 1.29 is 4.79 Å². The fourth-order valence-corrected chi connectivity index (χ4v) is 3.07. The third-order valence-corrected chi connectivity index (χ3v) is 4.53. The van der Waals surface area contributed by atoms with E-state index in [4.69, 9.17) is 0 Å². The monoisotopic (exact) mass is 246 g/mol. The second-order valence-electron chi connectivity index (χ2n) is 5.85. The van der Waals surface area contributed by atoms with Gasteiger partial charge in [0, 0.05) is 12.1 Å². The van der Waals surface area contributed by atoms with Crippen LogP contribution in [0.4, 0.5) is 0 Å². The van der Waals surface area contributed by atoms with Crippen molar-refractivity contribution in [1.29, 1.82) is 0 Å². The molecule has 0 spiro atoms. The van der Waals surface area contributed by atoms with Crippen LogP contribution in [0.15, 0.2) is 12.3 Å². The lowest BCUT2D eigenvalue weighted by atomic mass is 9.81. The summed E-state index contributed by atoms with van der Waals surface area (Å²) in [6, 6.07) is 2.61. The Morgan fingerprint density at radius 1 is 1.17 bits per heavy atom. The van der Waals surface area contributed by atoms with Crippen molar-refractivity contribution in [3.63, 3.8) is 0 Å². The van der Waals surface area contributed by atoms with Gasteiger partial charge in [0.25, 0.3) is 0 Å². The van der Waals surface area contributed by atoms with Gasteiger partial charge in [-0.15, -0.1) is 0 Å². The fourth-order valence-electron chi connectivity index (χ4n) is 3.07. The molecule has 1 heterocycles. The van der Waals surface area contributed by atoms with E-state index in [1.807, 2.05) is 6.07 Å². The molecule has 3 nitrogen and oxygen atoms in total. The Bertz CT molecular complexity index is 414. The van der Waals surface area contributed by atoms with Crippen LogP contribution in [0.5, 0.6) is 0 Å². The van der Waals surface area contributed by atoms with E-state index in [0.29, 0.717) is 24.2 Å². The van der Waals surface area contributed by atoms with Gasteiger partial charge in [0.2, 0.25) is 0 Å². The minimum Gasteiger partial charge on any atom is -0.299 e. The number of hydrogen-bond donors (Lipinski definition) is 0. The van der Waals surface area contributed by atoms with Crippen molar-refractivity contribution in [3.05, 3.63) is 18.0 Å². The summed E-state index contributed by atoms with van der Waals surface area (Å²) in [6.07, 6.45) is 12.5. The number of Topliss-reactive ketones (excluding diaryl/α,β-unsaturated/α-hetero) is 1. The standard InChI is InChI=1S/C15H22N2O/c18-15(12-5-4-6-12)11-13-9-10-17(16-13)14-7-2-1-3-8-14/h9-10,12,14H,1-8,11H2. The summed E-state index contributed by atoms with van der Waals surface area (Å²) in [5, 5.41) is 4.61. The third kappa shape index (κ3) is 2.50. The topological polar surface area (TPSA) is 34.9 Å².